The van der Waals surface area contributed by atoms with Crippen LogP contribution in [0.15, 0.2) is 30.3 Å². The van der Waals surface area contributed by atoms with Crippen molar-refractivity contribution >= 4 is 17.0 Å². The third kappa shape index (κ3) is 2.52. The van der Waals surface area contributed by atoms with Crippen LogP contribution < -0.4 is 5.32 Å². The standard InChI is InChI=1S/C16H18N6/c1-2-13-18-15(17-12-8-9-12)14-16(19-13)22(21-20-14)10-11-6-4-3-5-7-11/h3-7,12H,2,8-10H2,1H3,(H,17,18,19). The lowest BCUT2D eigenvalue weighted by atomic mass is 10.2. The van der Waals surface area contributed by atoms with Crippen molar-refractivity contribution in [1.82, 2.24) is 25.0 Å². The molecule has 0 atom stereocenters. The zero-order valence-electron chi connectivity index (χ0n) is 12.5. The second-order valence-electron chi connectivity index (χ2n) is 5.67. The number of hydrogen-bond acceptors (Lipinski definition) is 5. The highest BCUT2D eigenvalue weighted by molar-refractivity contribution is 5.82. The number of aromatic nitrogens is 5. The van der Waals surface area contributed by atoms with Crippen LogP contribution in [0, 0.1) is 0 Å². The van der Waals surface area contributed by atoms with Crippen molar-refractivity contribution in [2.75, 3.05) is 5.32 Å². The summed E-state index contributed by atoms with van der Waals surface area (Å²) in [6.07, 6.45) is 3.20. The fraction of sp³-hybridized carbons (Fsp3) is 0.375. The van der Waals surface area contributed by atoms with Crippen molar-refractivity contribution in [3.63, 3.8) is 0 Å². The Bertz CT molecular complexity index is 791. The minimum Gasteiger partial charge on any atom is -0.365 e. The second-order valence-corrected chi connectivity index (χ2v) is 5.67. The highest BCUT2D eigenvalue weighted by Crippen LogP contribution is 2.27. The Hall–Kier alpha value is -2.50. The lowest BCUT2D eigenvalue weighted by molar-refractivity contribution is 0.662. The molecule has 1 N–H and O–H groups in total. The Morgan fingerprint density at radius 3 is 2.73 bits per heavy atom. The second kappa shape index (κ2) is 5.36. The first kappa shape index (κ1) is 13.2. The van der Waals surface area contributed by atoms with Gasteiger partial charge in [-0.25, -0.2) is 14.6 Å². The van der Waals surface area contributed by atoms with Crippen molar-refractivity contribution in [3.8, 4) is 0 Å². The molecule has 0 bridgehead atoms. The lowest BCUT2D eigenvalue weighted by Gasteiger charge is -2.07. The quantitative estimate of drug-likeness (QED) is 0.782. The smallest absolute Gasteiger partial charge is 0.184 e. The Labute approximate surface area is 128 Å². The molecule has 112 valence electrons. The van der Waals surface area contributed by atoms with E-state index >= 15 is 0 Å². The summed E-state index contributed by atoms with van der Waals surface area (Å²) in [5.41, 5.74) is 2.75. The maximum atomic E-state index is 4.63. The first-order valence-corrected chi connectivity index (χ1v) is 7.74. The maximum Gasteiger partial charge on any atom is 0.184 e. The van der Waals surface area contributed by atoms with Crippen LogP contribution in [0.5, 0.6) is 0 Å². The fourth-order valence-electron chi connectivity index (χ4n) is 2.44. The summed E-state index contributed by atoms with van der Waals surface area (Å²) in [5.74, 6) is 1.65. The molecule has 1 aliphatic rings. The van der Waals surface area contributed by atoms with Crippen LogP contribution in [0.3, 0.4) is 0 Å². The first-order valence-electron chi connectivity index (χ1n) is 7.74. The summed E-state index contributed by atoms with van der Waals surface area (Å²) >= 11 is 0. The molecule has 0 amide bonds. The predicted octanol–water partition coefficient (Wildman–Crippen LogP) is 2.41. The molecule has 2 heterocycles. The van der Waals surface area contributed by atoms with Gasteiger partial charge in [0.1, 0.15) is 5.82 Å². The van der Waals surface area contributed by atoms with E-state index in [4.69, 9.17) is 0 Å². The molecule has 1 aliphatic carbocycles. The molecule has 0 spiro atoms. The molecule has 2 aromatic heterocycles. The molecule has 3 aromatic rings. The molecule has 1 aromatic carbocycles. The van der Waals surface area contributed by atoms with Gasteiger partial charge in [0.15, 0.2) is 17.0 Å². The van der Waals surface area contributed by atoms with Gasteiger partial charge in [0.25, 0.3) is 0 Å². The molecular weight excluding hydrogens is 276 g/mol. The van der Waals surface area contributed by atoms with E-state index in [0.29, 0.717) is 12.6 Å². The Kier molecular flexibility index (Phi) is 3.21. The van der Waals surface area contributed by atoms with E-state index in [1.165, 1.54) is 18.4 Å². The molecule has 0 radical (unpaired) electrons. The van der Waals surface area contributed by atoms with Gasteiger partial charge in [-0.2, -0.15) is 0 Å². The first-order chi connectivity index (χ1) is 10.8. The zero-order valence-corrected chi connectivity index (χ0v) is 12.5. The Morgan fingerprint density at radius 1 is 1.18 bits per heavy atom. The fourth-order valence-corrected chi connectivity index (χ4v) is 2.44. The van der Waals surface area contributed by atoms with Crippen molar-refractivity contribution in [2.24, 2.45) is 0 Å². The number of anilines is 1. The molecule has 6 heteroatoms. The number of aryl methyl sites for hydroxylation is 1. The number of fused-ring (bicyclic) bond motifs is 1. The Morgan fingerprint density at radius 2 is 2.00 bits per heavy atom. The van der Waals surface area contributed by atoms with Crippen LogP contribution in [0.25, 0.3) is 11.2 Å². The van der Waals surface area contributed by atoms with E-state index in [2.05, 4.69) is 44.7 Å². The Balaban J connectivity index is 1.75. The van der Waals surface area contributed by atoms with Gasteiger partial charge in [0.2, 0.25) is 0 Å². The maximum absolute atomic E-state index is 4.63. The van der Waals surface area contributed by atoms with Crippen LogP contribution in [-0.4, -0.2) is 31.0 Å². The van der Waals surface area contributed by atoms with E-state index in [0.717, 1.165) is 29.2 Å². The summed E-state index contributed by atoms with van der Waals surface area (Å²) in [7, 11) is 0. The number of nitrogens with zero attached hydrogens (tertiary/aromatic N) is 5. The molecule has 6 nitrogen and oxygen atoms in total. The van der Waals surface area contributed by atoms with Crippen molar-refractivity contribution in [1.29, 1.82) is 0 Å². The van der Waals surface area contributed by atoms with Crippen molar-refractivity contribution in [3.05, 3.63) is 41.7 Å². The number of nitrogens with one attached hydrogen (secondary N) is 1. The minimum absolute atomic E-state index is 0.530. The van der Waals surface area contributed by atoms with Crippen molar-refractivity contribution < 1.29 is 0 Å². The number of hydrogen-bond donors (Lipinski definition) is 1. The monoisotopic (exact) mass is 294 g/mol. The molecule has 0 saturated heterocycles. The third-order valence-electron chi connectivity index (χ3n) is 3.82. The molecule has 22 heavy (non-hydrogen) atoms. The van der Waals surface area contributed by atoms with Crippen LogP contribution >= 0.6 is 0 Å². The molecule has 0 unspecified atom stereocenters. The minimum atomic E-state index is 0.530. The van der Waals surface area contributed by atoms with Gasteiger partial charge < -0.3 is 5.32 Å². The van der Waals surface area contributed by atoms with E-state index in [9.17, 15) is 0 Å². The van der Waals surface area contributed by atoms with Gasteiger partial charge in [-0.1, -0.05) is 42.5 Å². The SMILES string of the molecule is CCc1nc(NC2CC2)c2nnn(Cc3ccccc3)c2n1. The summed E-state index contributed by atoms with van der Waals surface area (Å²) in [4.78, 5) is 9.21. The summed E-state index contributed by atoms with van der Waals surface area (Å²) in [5, 5.41) is 12.0. The van der Waals surface area contributed by atoms with Crippen LogP contribution in [0.2, 0.25) is 0 Å². The number of rotatable bonds is 5. The third-order valence-corrected chi connectivity index (χ3v) is 3.82. The predicted molar refractivity (Wildman–Crippen MR) is 84.7 cm³/mol. The largest absolute Gasteiger partial charge is 0.365 e. The van der Waals surface area contributed by atoms with Crippen molar-refractivity contribution in [2.45, 2.75) is 38.8 Å². The number of benzene rings is 1. The topological polar surface area (TPSA) is 68.5 Å². The summed E-state index contributed by atoms with van der Waals surface area (Å²) in [6.45, 7) is 2.73. The normalized spacial score (nSPS) is 14.4. The van der Waals surface area contributed by atoms with Gasteiger partial charge in [-0.3, -0.25) is 0 Å². The molecule has 4 rings (SSSR count). The highest BCUT2D eigenvalue weighted by Gasteiger charge is 2.24. The van der Waals surface area contributed by atoms with Gasteiger partial charge in [-0.15, -0.1) is 5.10 Å². The van der Waals surface area contributed by atoms with Crippen LogP contribution in [-0.2, 0) is 13.0 Å². The average Bonchev–Trinajstić information content (AvgIpc) is 3.28. The van der Waals surface area contributed by atoms with Crippen LogP contribution in [0.1, 0.15) is 31.2 Å². The molecule has 1 fully saturated rings. The average molecular weight is 294 g/mol. The van der Waals surface area contributed by atoms with Gasteiger partial charge in [0, 0.05) is 12.5 Å². The van der Waals surface area contributed by atoms with E-state index in [1.54, 1.807) is 0 Å². The van der Waals surface area contributed by atoms with Crippen LogP contribution in [0.4, 0.5) is 5.82 Å². The van der Waals surface area contributed by atoms with E-state index in [-0.39, 0.29) is 0 Å². The van der Waals surface area contributed by atoms with Gasteiger partial charge >= 0.3 is 0 Å². The lowest BCUT2D eigenvalue weighted by Crippen LogP contribution is -2.08. The van der Waals surface area contributed by atoms with E-state index in [1.807, 2.05) is 22.9 Å². The summed E-state index contributed by atoms with van der Waals surface area (Å²) < 4.78 is 1.85. The summed E-state index contributed by atoms with van der Waals surface area (Å²) in [6, 6.07) is 10.8. The van der Waals surface area contributed by atoms with Gasteiger partial charge in [-0.05, 0) is 18.4 Å². The zero-order chi connectivity index (χ0) is 14.9. The van der Waals surface area contributed by atoms with E-state index < -0.39 is 0 Å². The van der Waals surface area contributed by atoms with Gasteiger partial charge in [0.05, 0.1) is 6.54 Å². The molecule has 1 saturated carbocycles. The molecular formula is C16H18N6. The molecule has 0 aliphatic heterocycles. The highest BCUT2D eigenvalue weighted by atomic mass is 15.4.